The van der Waals surface area contributed by atoms with Crippen molar-refractivity contribution in [3.05, 3.63) is 51.7 Å². The number of para-hydroxylation sites is 1. The van der Waals surface area contributed by atoms with Crippen LogP contribution in [0.4, 0.5) is 22.5 Å². The minimum absolute atomic E-state index is 0.193. The number of piperazine rings is 1. The molecule has 0 spiro atoms. The van der Waals surface area contributed by atoms with Crippen molar-refractivity contribution in [3.8, 4) is 0 Å². The Morgan fingerprint density at radius 2 is 1.94 bits per heavy atom. The van der Waals surface area contributed by atoms with Crippen LogP contribution in [0.15, 0.2) is 30.5 Å². The summed E-state index contributed by atoms with van der Waals surface area (Å²) < 4.78 is 4.73. The second-order valence-corrected chi connectivity index (χ2v) is 9.79. The number of benzene rings is 1. The Labute approximate surface area is 218 Å². The molecule has 10 nitrogen and oxygen atoms in total. The lowest BCUT2D eigenvalue weighted by Crippen LogP contribution is -2.47. The number of hydrogen-bond donors (Lipinski definition) is 2. The van der Waals surface area contributed by atoms with Crippen LogP contribution in [0.25, 0.3) is 0 Å². The predicted octanol–water partition coefficient (Wildman–Crippen LogP) is 3.88. The molecule has 3 aromatic rings. The van der Waals surface area contributed by atoms with Crippen molar-refractivity contribution in [2.75, 3.05) is 55.4 Å². The topological polar surface area (TPSA) is 113 Å². The van der Waals surface area contributed by atoms with Crippen LogP contribution in [-0.2, 0) is 9.53 Å². The number of ether oxygens (including phenoxy) is 1. The predicted molar refractivity (Wildman–Crippen MR) is 142 cm³/mol. The molecule has 2 N–H and O–H groups in total. The summed E-state index contributed by atoms with van der Waals surface area (Å²) in [5.41, 5.74) is 1.47. The molecule has 1 amide bonds. The molecule has 2 aromatic heterocycles. The Kier molecular flexibility index (Phi) is 8.34. The first-order chi connectivity index (χ1) is 17.3. The monoisotopic (exact) mass is 529 g/mol. The van der Waals surface area contributed by atoms with Crippen molar-refractivity contribution in [1.29, 1.82) is 0 Å². The molecule has 0 atom stereocenters. The molecule has 3 heterocycles. The van der Waals surface area contributed by atoms with E-state index in [1.54, 1.807) is 6.07 Å². The van der Waals surface area contributed by atoms with E-state index in [4.69, 9.17) is 16.3 Å². The maximum absolute atomic E-state index is 12.7. The number of methoxy groups -OCH3 is 1. The molecule has 1 saturated heterocycles. The molecular weight excluding hydrogens is 502 g/mol. The van der Waals surface area contributed by atoms with Gasteiger partial charge in [-0.1, -0.05) is 35.1 Å². The number of nitrogens with one attached hydrogen (secondary N) is 2. The summed E-state index contributed by atoms with van der Waals surface area (Å²) in [6.07, 6.45) is 1.92. The van der Waals surface area contributed by atoms with Gasteiger partial charge in [0, 0.05) is 38.8 Å². The lowest BCUT2D eigenvalue weighted by molar-refractivity contribution is -0.141. The van der Waals surface area contributed by atoms with Crippen LogP contribution in [0.3, 0.4) is 0 Å². The Balaban J connectivity index is 1.38. The first-order valence-corrected chi connectivity index (χ1v) is 12.7. The number of halogens is 1. The van der Waals surface area contributed by atoms with Crippen LogP contribution in [0, 0.1) is 13.8 Å². The number of thiazole rings is 1. The highest BCUT2D eigenvalue weighted by Gasteiger charge is 2.20. The van der Waals surface area contributed by atoms with Crippen molar-refractivity contribution in [2.24, 2.45) is 0 Å². The highest BCUT2D eigenvalue weighted by atomic mass is 35.5. The van der Waals surface area contributed by atoms with Gasteiger partial charge < -0.3 is 20.3 Å². The van der Waals surface area contributed by atoms with E-state index in [-0.39, 0.29) is 11.9 Å². The zero-order valence-corrected chi connectivity index (χ0v) is 21.9. The Bertz CT molecular complexity index is 1220. The van der Waals surface area contributed by atoms with E-state index < -0.39 is 0 Å². The standard InChI is InChI=1S/C24H28ClN7O3S/c1-15-5-4-6-17(25)22(15)30-23(34)18-14-26-24(36-18)29-19-13-20(28-16(2)27-19)32-11-9-31(10-12-32)8-7-21(33)35-3/h4-6,13-14H,7-12H2,1-3H3,(H,30,34)(H,26,27,28,29). The molecule has 0 radical (unpaired) electrons. The van der Waals surface area contributed by atoms with E-state index in [1.807, 2.05) is 32.0 Å². The zero-order valence-electron chi connectivity index (χ0n) is 20.4. The van der Waals surface area contributed by atoms with Crippen LogP contribution >= 0.6 is 22.9 Å². The fourth-order valence-corrected chi connectivity index (χ4v) is 4.83. The molecule has 36 heavy (non-hydrogen) atoms. The average Bonchev–Trinajstić information content (AvgIpc) is 3.33. The SMILES string of the molecule is COC(=O)CCN1CCN(c2cc(Nc3ncc(C(=O)Nc4c(C)cccc4Cl)s3)nc(C)n2)CC1. The van der Waals surface area contributed by atoms with Gasteiger partial charge in [0.2, 0.25) is 0 Å². The lowest BCUT2D eigenvalue weighted by atomic mass is 10.2. The van der Waals surface area contributed by atoms with E-state index >= 15 is 0 Å². The van der Waals surface area contributed by atoms with Gasteiger partial charge in [-0.25, -0.2) is 15.0 Å². The molecule has 0 aliphatic carbocycles. The van der Waals surface area contributed by atoms with Crippen LogP contribution < -0.4 is 15.5 Å². The van der Waals surface area contributed by atoms with Crippen LogP contribution in [0.1, 0.15) is 27.5 Å². The third-order valence-corrected chi connectivity index (χ3v) is 7.03. The maximum atomic E-state index is 12.7. The molecule has 12 heteroatoms. The van der Waals surface area contributed by atoms with Crippen molar-refractivity contribution in [3.63, 3.8) is 0 Å². The number of carbonyl (C=O) groups is 2. The number of amides is 1. The van der Waals surface area contributed by atoms with E-state index in [1.165, 1.54) is 24.6 Å². The highest BCUT2D eigenvalue weighted by molar-refractivity contribution is 7.17. The van der Waals surface area contributed by atoms with Crippen LogP contribution in [0.5, 0.6) is 0 Å². The summed E-state index contributed by atoms with van der Waals surface area (Å²) in [6.45, 7) is 7.66. The molecule has 1 aliphatic heterocycles. The van der Waals surface area contributed by atoms with Gasteiger partial charge in [-0.3, -0.25) is 14.5 Å². The second-order valence-electron chi connectivity index (χ2n) is 8.35. The Hall–Kier alpha value is -3.28. The van der Waals surface area contributed by atoms with Crippen LogP contribution in [-0.4, -0.2) is 71.6 Å². The molecule has 1 fully saturated rings. The minimum atomic E-state index is -0.277. The van der Waals surface area contributed by atoms with E-state index in [9.17, 15) is 9.59 Å². The molecule has 0 saturated carbocycles. The molecule has 1 aliphatic rings. The number of aryl methyl sites for hydroxylation is 2. The summed E-state index contributed by atoms with van der Waals surface area (Å²) in [7, 11) is 1.41. The van der Waals surface area contributed by atoms with Gasteiger partial charge in [-0.2, -0.15) is 0 Å². The van der Waals surface area contributed by atoms with Gasteiger partial charge in [0.05, 0.1) is 30.4 Å². The molecule has 190 valence electrons. The Morgan fingerprint density at radius 3 is 2.67 bits per heavy atom. The van der Waals surface area contributed by atoms with Gasteiger partial charge in [0.15, 0.2) is 5.13 Å². The summed E-state index contributed by atoms with van der Waals surface area (Å²) >= 11 is 7.46. The first-order valence-electron chi connectivity index (χ1n) is 11.5. The smallest absolute Gasteiger partial charge is 0.306 e. The number of aromatic nitrogens is 3. The third-order valence-electron chi connectivity index (χ3n) is 5.81. The van der Waals surface area contributed by atoms with Gasteiger partial charge in [0.25, 0.3) is 5.91 Å². The lowest BCUT2D eigenvalue weighted by Gasteiger charge is -2.35. The largest absolute Gasteiger partial charge is 0.469 e. The third kappa shape index (κ3) is 6.48. The highest BCUT2D eigenvalue weighted by Crippen LogP contribution is 2.28. The summed E-state index contributed by atoms with van der Waals surface area (Å²) in [4.78, 5) is 42.4. The zero-order chi connectivity index (χ0) is 25.7. The van der Waals surface area contributed by atoms with Crippen molar-refractivity contribution in [2.45, 2.75) is 20.3 Å². The quantitative estimate of drug-likeness (QED) is 0.419. The van der Waals surface area contributed by atoms with E-state index in [0.29, 0.717) is 45.3 Å². The van der Waals surface area contributed by atoms with Gasteiger partial charge >= 0.3 is 5.97 Å². The fourth-order valence-electron chi connectivity index (χ4n) is 3.84. The first kappa shape index (κ1) is 25.8. The number of esters is 1. The van der Waals surface area contributed by atoms with Crippen molar-refractivity contribution in [1.82, 2.24) is 19.9 Å². The van der Waals surface area contributed by atoms with Gasteiger partial charge in [0.1, 0.15) is 22.3 Å². The minimum Gasteiger partial charge on any atom is -0.469 e. The molecule has 1 aromatic carbocycles. The molecular formula is C24H28ClN7O3S. The van der Waals surface area contributed by atoms with Gasteiger partial charge in [-0.05, 0) is 25.5 Å². The Morgan fingerprint density at radius 1 is 1.17 bits per heavy atom. The summed E-state index contributed by atoms with van der Waals surface area (Å²) in [5.74, 6) is 1.59. The number of nitrogens with zero attached hydrogens (tertiary/aromatic N) is 5. The van der Waals surface area contributed by atoms with E-state index in [0.717, 1.165) is 37.6 Å². The summed E-state index contributed by atoms with van der Waals surface area (Å²) in [6, 6.07) is 7.34. The summed E-state index contributed by atoms with van der Waals surface area (Å²) in [5, 5.41) is 7.10. The van der Waals surface area contributed by atoms with Crippen molar-refractivity contribution >= 4 is 57.3 Å². The second kappa shape index (κ2) is 11.6. The molecule has 0 unspecified atom stereocenters. The maximum Gasteiger partial charge on any atom is 0.306 e. The number of hydrogen-bond acceptors (Lipinski definition) is 10. The van der Waals surface area contributed by atoms with E-state index in [2.05, 4.69) is 35.4 Å². The molecule has 0 bridgehead atoms. The normalized spacial score (nSPS) is 13.9. The fraction of sp³-hybridized carbons (Fsp3) is 0.375. The average molecular weight is 530 g/mol. The van der Waals surface area contributed by atoms with Crippen molar-refractivity contribution < 1.29 is 14.3 Å². The number of anilines is 4. The van der Waals surface area contributed by atoms with Crippen LogP contribution in [0.2, 0.25) is 5.02 Å². The van der Waals surface area contributed by atoms with Gasteiger partial charge in [-0.15, -0.1) is 0 Å². The number of carbonyl (C=O) groups excluding carboxylic acids is 2. The molecule has 4 rings (SSSR count). The number of rotatable bonds is 8.